The third-order valence-corrected chi connectivity index (χ3v) is 5.71. The number of carbonyl (C=O) groups is 4. The van der Waals surface area contributed by atoms with E-state index in [-0.39, 0.29) is 24.4 Å². The van der Waals surface area contributed by atoms with Crippen LogP contribution in [0.3, 0.4) is 0 Å². The van der Waals surface area contributed by atoms with Gasteiger partial charge in [0.25, 0.3) is 5.24 Å². The highest BCUT2D eigenvalue weighted by Gasteiger charge is 2.29. The molecule has 3 rings (SSSR count). The molecule has 0 fully saturated rings. The maximum absolute atomic E-state index is 13.0. The number of hydrogen-bond acceptors (Lipinski definition) is 5. The number of amides is 1. The molecule has 0 aliphatic heterocycles. The Morgan fingerprint density at radius 2 is 1.73 bits per heavy atom. The molecular weight excluding hydrogens is 444 g/mol. The number of anilines is 1. The van der Waals surface area contributed by atoms with Crippen LogP contribution >= 0.6 is 11.6 Å². The van der Waals surface area contributed by atoms with Gasteiger partial charge in [-0.05, 0) is 35.7 Å². The lowest BCUT2D eigenvalue weighted by atomic mass is 10.0. The minimum Gasteiger partial charge on any atom is -0.469 e. The molecule has 1 amide bonds. The fourth-order valence-electron chi connectivity index (χ4n) is 4.07. The Kier molecular flexibility index (Phi) is 7.66. The van der Waals surface area contributed by atoms with Crippen LogP contribution in [-0.4, -0.2) is 41.1 Å². The topological polar surface area (TPSA) is 85.7 Å². The molecule has 0 aliphatic rings. The largest absolute Gasteiger partial charge is 0.469 e. The summed E-state index contributed by atoms with van der Waals surface area (Å²) in [5, 5.41) is -0.633. The number of halogens is 1. The van der Waals surface area contributed by atoms with Gasteiger partial charge in [-0.25, -0.2) is 0 Å². The smallest absolute Gasteiger partial charge is 0.307 e. The maximum Gasteiger partial charge on any atom is 0.307 e. The Morgan fingerprint density at radius 3 is 2.30 bits per heavy atom. The summed E-state index contributed by atoms with van der Waals surface area (Å²) in [5.41, 5.74) is 2.98. The SMILES string of the molecule is CCc1c(C(=O)C(=O)Cl)c2c(N(CCC(=O)OC)C(C)=O)cccc2n1Cc1ccccc1. The van der Waals surface area contributed by atoms with Crippen LogP contribution in [0.2, 0.25) is 0 Å². The number of hydrogen-bond donors (Lipinski definition) is 0. The molecule has 0 spiro atoms. The van der Waals surface area contributed by atoms with Crippen LogP contribution < -0.4 is 4.90 Å². The van der Waals surface area contributed by atoms with E-state index in [2.05, 4.69) is 0 Å². The number of ketones is 1. The van der Waals surface area contributed by atoms with Gasteiger partial charge in [-0.3, -0.25) is 19.2 Å². The van der Waals surface area contributed by atoms with Crippen molar-refractivity contribution in [3.8, 4) is 0 Å². The summed E-state index contributed by atoms with van der Waals surface area (Å²) in [6, 6.07) is 15.0. The predicted octanol–water partition coefficient (Wildman–Crippen LogP) is 4.12. The maximum atomic E-state index is 13.0. The number of benzene rings is 2. The molecule has 8 heteroatoms. The van der Waals surface area contributed by atoms with Gasteiger partial charge < -0.3 is 14.2 Å². The number of fused-ring (bicyclic) bond motifs is 1. The number of aromatic nitrogens is 1. The molecule has 0 saturated heterocycles. The summed E-state index contributed by atoms with van der Waals surface area (Å²) in [7, 11) is 1.28. The van der Waals surface area contributed by atoms with Crippen LogP contribution in [0, 0.1) is 0 Å². The third kappa shape index (κ3) is 4.98. The van der Waals surface area contributed by atoms with Gasteiger partial charge in [0.2, 0.25) is 11.7 Å². The van der Waals surface area contributed by atoms with Gasteiger partial charge in [0.15, 0.2) is 0 Å². The van der Waals surface area contributed by atoms with Crippen molar-refractivity contribution in [2.45, 2.75) is 33.2 Å². The fraction of sp³-hybridized carbons (Fsp3) is 0.280. The van der Waals surface area contributed by atoms with Gasteiger partial charge in [0.05, 0.1) is 30.3 Å². The Balaban J connectivity index is 2.29. The van der Waals surface area contributed by atoms with Crippen LogP contribution in [-0.2, 0) is 32.1 Å². The average Bonchev–Trinajstić information content (AvgIpc) is 3.12. The number of carbonyl (C=O) groups excluding carboxylic acids is 4. The summed E-state index contributed by atoms with van der Waals surface area (Å²) < 4.78 is 6.68. The molecule has 0 N–H and O–H groups in total. The summed E-state index contributed by atoms with van der Waals surface area (Å²) >= 11 is 5.64. The van der Waals surface area contributed by atoms with Gasteiger partial charge in [-0.1, -0.05) is 43.3 Å². The van der Waals surface area contributed by atoms with Crippen molar-refractivity contribution in [2.75, 3.05) is 18.6 Å². The van der Waals surface area contributed by atoms with Crippen molar-refractivity contribution in [1.29, 1.82) is 0 Å². The van der Waals surface area contributed by atoms with Crippen LogP contribution in [0.25, 0.3) is 10.9 Å². The van der Waals surface area contributed by atoms with Crippen molar-refractivity contribution in [3.63, 3.8) is 0 Å². The quantitative estimate of drug-likeness (QED) is 0.204. The second-order valence-electron chi connectivity index (χ2n) is 7.52. The van der Waals surface area contributed by atoms with E-state index in [1.54, 1.807) is 12.1 Å². The molecule has 0 bridgehead atoms. The number of nitrogens with zero attached hydrogens (tertiary/aromatic N) is 2. The van der Waals surface area contributed by atoms with Gasteiger partial charge in [0, 0.05) is 31.1 Å². The number of ether oxygens (including phenoxy) is 1. The number of rotatable bonds is 9. The molecule has 0 aliphatic carbocycles. The van der Waals surface area contributed by atoms with E-state index in [4.69, 9.17) is 16.3 Å². The van der Waals surface area contributed by atoms with Crippen molar-refractivity contribution >= 4 is 51.1 Å². The standard InChI is InChI=1S/C25H25ClN2O5/c1-4-18-23(24(31)25(26)32)22-19(27(16(2)29)14-13-21(30)33-3)11-8-12-20(22)28(18)15-17-9-6-5-7-10-17/h5-12H,4,13-15H2,1-3H3. The number of Topliss-reactive ketones (excluding diaryl/α,β-unsaturated/α-hetero) is 1. The Bertz CT molecular complexity index is 1220. The Morgan fingerprint density at radius 1 is 1.03 bits per heavy atom. The highest BCUT2D eigenvalue weighted by molar-refractivity contribution is 6.83. The van der Waals surface area contributed by atoms with E-state index in [0.29, 0.717) is 35.2 Å². The highest BCUT2D eigenvalue weighted by Crippen LogP contribution is 2.36. The van der Waals surface area contributed by atoms with E-state index in [0.717, 1.165) is 5.56 Å². The minimum absolute atomic E-state index is 0.0183. The third-order valence-electron chi connectivity index (χ3n) is 5.54. The molecule has 0 unspecified atom stereocenters. The van der Waals surface area contributed by atoms with Crippen LogP contribution in [0.5, 0.6) is 0 Å². The molecule has 0 saturated carbocycles. The lowest BCUT2D eigenvalue weighted by Crippen LogP contribution is -2.31. The number of esters is 1. The molecule has 1 heterocycles. The molecule has 0 atom stereocenters. The van der Waals surface area contributed by atoms with E-state index in [1.165, 1.54) is 18.9 Å². The Labute approximate surface area is 196 Å². The van der Waals surface area contributed by atoms with Gasteiger partial charge >= 0.3 is 5.97 Å². The van der Waals surface area contributed by atoms with Gasteiger partial charge in [-0.2, -0.15) is 0 Å². The first-order chi connectivity index (χ1) is 15.8. The molecule has 7 nitrogen and oxygen atoms in total. The second-order valence-corrected chi connectivity index (χ2v) is 7.86. The first-order valence-electron chi connectivity index (χ1n) is 10.6. The second kappa shape index (κ2) is 10.4. The summed E-state index contributed by atoms with van der Waals surface area (Å²) in [5.74, 6) is -1.60. The van der Waals surface area contributed by atoms with Crippen molar-refractivity contribution in [1.82, 2.24) is 4.57 Å². The van der Waals surface area contributed by atoms with E-state index in [1.807, 2.05) is 47.9 Å². The summed E-state index contributed by atoms with van der Waals surface area (Å²) in [4.78, 5) is 50.6. The van der Waals surface area contributed by atoms with E-state index < -0.39 is 17.0 Å². The Hall–Kier alpha value is -3.45. The number of methoxy groups -OCH3 is 1. The van der Waals surface area contributed by atoms with Crippen LogP contribution in [0.1, 0.15) is 41.9 Å². The molecule has 1 aromatic heterocycles. The van der Waals surface area contributed by atoms with Gasteiger partial charge in [0.1, 0.15) is 0 Å². The zero-order chi connectivity index (χ0) is 24.1. The minimum atomic E-state index is -1.10. The average molecular weight is 469 g/mol. The fourth-order valence-corrected chi connectivity index (χ4v) is 4.16. The lowest BCUT2D eigenvalue weighted by molar-refractivity contribution is -0.140. The molecular formula is C25H25ClN2O5. The zero-order valence-corrected chi connectivity index (χ0v) is 19.5. The van der Waals surface area contributed by atoms with E-state index in [9.17, 15) is 19.2 Å². The summed E-state index contributed by atoms with van der Waals surface area (Å²) in [6.07, 6.45) is 0.448. The first kappa shape index (κ1) is 24.2. The van der Waals surface area contributed by atoms with Crippen LogP contribution in [0.4, 0.5) is 5.69 Å². The van der Waals surface area contributed by atoms with Crippen LogP contribution in [0.15, 0.2) is 48.5 Å². The van der Waals surface area contributed by atoms with Crippen molar-refractivity contribution in [2.24, 2.45) is 0 Å². The molecule has 33 heavy (non-hydrogen) atoms. The lowest BCUT2D eigenvalue weighted by Gasteiger charge is -2.22. The summed E-state index contributed by atoms with van der Waals surface area (Å²) in [6.45, 7) is 3.81. The first-order valence-corrected chi connectivity index (χ1v) is 10.9. The predicted molar refractivity (Wildman–Crippen MR) is 127 cm³/mol. The van der Waals surface area contributed by atoms with Crippen molar-refractivity contribution < 1.29 is 23.9 Å². The molecule has 0 radical (unpaired) electrons. The molecule has 2 aromatic carbocycles. The zero-order valence-electron chi connectivity index (χ0n) is 18.8. The van der Waals surface area contributed by atoms with E-state index >= 15 is 0 Å². The van der Waals surface area contributed by atoms with Gasteiger partial charge in [-0.15, -0.1) is 0 Å². The molecule has 3 aromatic rings. The monoisotopic (exact) mass is 468 g/mol. The van der Waals surface area contributed by atoms with Crippen molar-refractivity contribution in [3.05, 3.63) is 65.4 Å². The normalized spacial score (nSPS) is 10.8. The highest BCUT2D eigenvalue weighted by atomic mass is 35.5. The molecule has 172 valence electrons.